The molecule has 18 heteroatoms. The van der Waals surface area contributed by atoms with Gasteiger partial charge >= 0.3 is 0 Å². The van der Waals surface area contributed by atoms with Gasteiger partial charge in [-0.25, -0.2) is 0 Å². The van der Waals surface area contributed by atoms with Crippen molar-refractivity contribution in [1.29, 1.82) is 0 Å². The van der Waals surface area contributed by atoms with Crippen molar-refractivity contribution in [3.8, 4) is 0 Å². The van der Waals surface area contributed by atoms with Gasteiger partial charge in [0.1, 0.15) is 61.0 Å². The fourth-order valence-corrected chi connectivity index (χ4v) is 9.20. The van der Waals surface area contributed by atoms with E-state index in [0.717, 1.165) is 22.3 Å². The lowest BCUT2D eigenvalue weighted by Crippen LogP contribution is -2.61. The highest BCUT2D eigenvalue weighted by Gasteiger charge is 2.48. The third-order valence-electron chi connectivity index (χ3n) is 14.1. The Labute approximate surface area is 471 Å². The van der Waals surface area contributed by atoms with Crippen molar-refractivity contribution in [1.82, 2.24) is 10.6 Å². The van der Waals surface area contributed by atoms with Crippen LogP contribution in [0.4, 0.5) is 0 Å². The number of carbonyl (C=O) groups is 2. The van der Waals surface area contributed by atoms with Gasteiger partial charge in [-0.1, -0.05) is 173 Å². The third-order valence-corrected chi connectivity index (χ3v) is 14.1. The fraction of sp³-hybridized carbons (Fsp3) is 0.516. The van der Waals surface area contributed by atoms with Crippen LogP contribution in [0, 0.1) is 0 Å². The summed E-state index contributed by atoms with van der Waals surface area (Å²) in [6, 6.07) is 38.3. The number of hydrogen-bond donors (Lipinski definition) is 10. The first-order valence-corrected chi connectivity index (χ1v) is 27.9. The molecule has 0 aliphatic carbocycles. The first kappa shape index (κ1) is 65.5. The minimum atomic E-state index is -1.46. The topological polar surface area (TPSA) is 275 Å². The van der Waals surface area contributed by atoms with Crippen molar-refractivity contribution in [3.63, 3.8) is 0 Å². The van der Waals surface area contributed by atoms with E-state index in [0.29, 0.717) is 45.7 Å². The Morgan fingerprint density at radius 2 is 0.863 bits per heavy atom. The second kappa shape index (κ2) is 35.6. The van der Waals surface area contributed by atoms with Crippen molar-refractivity contribution in [2.75, 3.05) is 13.2 Å². The summed E-state index contributed by atoms with van der Waals surface area (Å²) in [5, 5.41) is 85.5. The molecule has 2 heterocycles. The molecule has 80 heavy (non-hydrogen) atoms. The molecule has 0 spiro atoms. The summed E-state index contributed by atoms with van der Waals surface area (Å²) in [4.78, 5) is 24.0. The number of nitrogens with one attached hydrogen (secondary N) is 2. The van der Waals surface area contributed by atoms with Crippen LogP contribution in [0.1, 0.15) is 88.5 Å². The summed E-state index contributed by atoms with van der Waals surface area (Å²) in [5.74, 6) is -0.525. The Morgan fingerprint density at radius 1 is 0.500 bits per heavy atom. The summed E-state index contributed by atoms with van der Waals surface area (Å²) in [5.41, 5.74) is 4.08. The van der Waals surface area contributed by atoms with E-state index in [1.807, 2.05) is 127 Å². The lowest BCUT2D eigenvalue weighted by Gasteiger charge is -2.46. The molecule has 4 unspecified atom stereocenters. The van der Waals surface area contributed by atoms with Crippen LogP contribution >= 0.6 is 0 Å². The Balaban J connectivity index is 0.000000380. The third kappa shape index (κ3) is 20.9. The number of aliphatic hydroxyl groups is 8. The van der Waals surface area contributed by atoms with E-state index in [4.69, 9.17) is 28.4 Å². The van der Waals surface area contributed by atoms with E-state index in [1.54, 1.807) is 39.8 Å². The lowest BCUT2D eigenvalue weighted by atomic mass is 9.92. The number of carbonyl (C=O) groups excluding carboxylic acids is 2. The zero-order valence-corrected chi connectivity index (χ0v) is 46.4. The van der Waals surface area contributed by atoms with E-state index in [1.165, 1.54) is 6.08 Å². The molecule has 4 aromatic rings. The van der Waals surface area contributed by atoms with Crippen LogP contribution in [0.3, 0.4) is 0 Å². The van der Waals surface area contributed by atoms with Crippen molar-refractivity contribution in [2.24, 2.45) is 0 Å². The minimum absolute atomic E-state index is 0.106. The van der Waals surface area contributed by atoms with Gasteiger partial charge in [0.2, 0.25) is 11.8 Å². The standard InChI is InChI=1S/C45H55NO8.C17H31NO8/c1-3-38(47)42(49)37(46-41(48)4-2)26-17-27-39-43(51-29-34-20-11-6-12-21-34)45(53-31-36-24-15-8-16-25-36)44(52-30-35-22-13-7-14-23-35)40(54-39)32-50-28-33-18-9-5-10-19-33;1-3-10(20)14(22)9(18-13(21)4-2)6-5-7-11-15(23)17(25)16(24)12(8-19)26-11/h5-26,37-40,42-45,47,49H,3-4,27-32H2,1-2H3,(H,46,48);5-6,9-12,14-17,19-20,22-25H,3-4,7-8H2,1-2H3,(H,18,21)/b26-17+;6-5+/t37-,38+,39+,40?,42-,43?,44-,45-;9-,10+,11+,12?,14-,15?,16-,17+/m00/s1. The summed E-state index contributed by atoms with van der Waals surface area (Å²) in [7, 11) is 0. The highest BCUT2D eigenvalue weighted by molar-refractivity contribution is 5.76. The van der Waals surface area contributed by atoms with Crippen molar-refractivity contribution < 1.29 is 78.9 Å². The largest absolute Gasteiger partial charge is 0.394 e. The summed E-state index contributed by atoms with van der Waals surface area (Å²) < 4.78 is 39.0. The first-order chi connectivity index (χ1) is 38.7. The summed E-state index contributed by atoms with van der Waals surface area (Å²) in [6.45, 7) is 7.99. The van der Waals surface area contributed by atoms with Crippen molar-refractivity contribution in [2.45, 2.75) is 190 Å². The molecule has 2 aliphatic rings. The van der Waals surface area contributed by atoms with Gasteiger partial charge in [-0.15, -0.1) is 0 Å². The molecule has 0 bridgehead atoms. The van der Waals surface area contributed by atoms with Gasteiger partial charge < -0.3 is 79.9 Å². The maximum absolute atomic E-state index is 12.4. The second-order valence-corrected chi connectivity index (χ2v) is 20.0. The van der Waals surface area contributed by atoms with Gasteiger partial charge in [0.05, 0.1) is 76.1 Å². The summed E-state index contributed by atoms with van der Waals surface area (Å²) >= 11 is 0. The van der Waals surface area contributed by atoms with Crippen LogP contribution in [-0.2, 0) is 64.4 Å². The van der Waals surface area contributed by atoms with Gasteiger partial charge in [-0.05, 0) is 47.9 Å². The Hall–Kier alpha value is -5.26. The molecule has 6 rings (SSSR count). The molecule has 18 nitrogen and oxygen atoms in total. The number of aliphatic hydroxyl groups excluding tert-OH is 8. The number of hydrogen-bond acceptors (Lipinski definition) is 16. The fourth-order valence-electron chi connectivity index (χ4n) is 9.20. The molecule has 2 fully saturated rings. The Morgan fingerprint density at radius 3 is 1.26 bits per heavy atom. The quantitative estimate of drug-likeness (QED) is 0.0322. The van der Waals surface area contributed by atoms with Gasteiger partial charge in [0.15, 0.2) is 0 Å². The van der Waals surface area contributed by atoms with Crippen LogP contribution in [0.2, 0.25) is 0 Å². The zero-order valence-electron chi connectivity index (χ0n) is 46.4. The van der Waals surface area contributed by atoms with Gasteiger partial charge in [0.25, 0.3) is 0 Å². The maximum Gasteiger partial charge on any atom is 0.220 e. The number of amides is 2. The Kier molecular flexibility index (Phi) is 29.1. The minimum Gasteiger partial charge on any atom is -0.394 e. The van der Waals surface area contributed by atoms with E-state index in [9.17, 15) is 50.4 Å². The molecule has 4 aromatic carbocycles. The normalized spacial score (nSPS) is 25.4. The summed E-state index contributed by atoms with van der Waals surface area (Å²) in [6.07, 6.45) is -5.10. The van der Waals surface area contributed by atoms with Gasteiger partial charge in [-0.3, -0.25) is 9.59 Å². The molecular weight excluding hydrogens is 1030 g/mol. The van der Waals surface area contributed by atoms with Crippen molar-refractivity contribution in [3.05, 3.63) is 168 Å². The molecule has 2 saturated heterocycles. The molecule has 2 aliphatic heterocycles. The van der Waals surface area contributed by atoms with Gasteiger partial charge in [0, 0.05) is 12.8 Å². The SMILES string of the molecule is CCC(=O)N[C@@H](/C=C/C[C@H]1OC(CO)[C@H](O)[C@H](O)C1O)[C@H](O)[C@H](O)CC.CCC(=O)N[C@@H](/C=C/C[C@H]1OC(COCc2ccccc2)[C@H](OCc2ccccc2)[C@@H](OCc2ccccc2)C1OCc1ccccc1)[C@H](O)[C@H](O)CC. The molecule has 2 amide bonds. The average Bonchev–Trinajstić information content (AvgIpc) is 3.51. The van der Waals surface area contributed by atoms with Crippen LogP contribution < -0.4 is 10.6 Å². The van der Waals surface area contributed by atoms with E-state index < -0.39 is 104 Å². The predicted molar refractivity (Wildman–Crippen MR) is 300 cm³/mol. The van der Waals surface area contributed by atoms with E-state index in [-0.39, 0.29) is 37.7 Å². The molecule has 0 saturated carbocycles. The Bertz CT molecular complexity index is 2370. The first-order valence-electron chi connectivity index (χ1n) is 27.9. The van der Waals surface area contributed by atoms with E-state index >= 15 is 0 Å². The van der Waals surface area contributed by atoms with Crippen LogP contribution in [-0.4, -0.2) is 163 Å². The van der Waals surface area contributed by atoms with Crippen LogP contribution in [0.25, 0.3) is 0 Å². The molecular formula is C62H86N2O16. The molecule has 0 aromatic heterocycles. The monoisotopic (exact) mass is 1110 g/mol. The number of ether oxygens (including phenoxy) is 6. The number of benzene rings is 4. The molecule has 0 radical (unpaired) electrons. The average molecular weight is 1120 g/mol. The van der Waals surface area contributed by atoms with Crippen LogP contribution in [0.5, 0.6) is 0 Å². The lowest BCUT2D eigenvalue weighted by molar-refractivity contribution is -0.271. The van der Waals surface area contributed by atoms with Gasteiger partial charge in [-0.2, -0.15) is 0 Å². The smallest absolute Gasteiger partial charge is 0.220 e. The van der Waals surface area contributed by atoms with Crippen molar-refractivity contribution >= 4 is 11.8 Å². The van der Waals surface area contributed by atoms with E-state index in [2.05, 4.69) is 10.6 Å². The maximum atomic E-state index is 12.4. The highest BCUT2D eigenvalue weighted by atomic mass is 16.6. The predicted octanol–water partition coefficient (Wildman–Crippen LogP) is 4.50. The highest BCUT2D eigenvalue weighted by Crippen LogP contribution is 2.33. The second-order valence-electron chi connectivity index (χ2n) is 20.0. The number of rotatable bonds is 30. The molecule has 440 valence electrons. The zero-order chi connectivity index (χ0) is 57.8. The van der Waals surface area contributed by atoms with Crippen LogP contribution in [0.15, 0.2) is 146 Å². The molecule has 10 N–H and O–H groups in total. The molecule has 16 atom stereocenters.